The van der Waals surface area contributed by atoms with Crippen LogP contribution in [0.2, 0.25) is 0 Å². The van der Waals surface area contributed by atoms with E-state index in [4.69, 9.17) is 5.11 Å². The van der Waals surface area contributed by atoms with E-state index >= 15 is 0 Å². The van der Waals surface area contributed by atoms with Gasteiger partial charge in [0.15, 0.2) is 0 Å². The monoisotopic (exact) mass is 269 g/mol. The number of aliphatic hydroxyl groups excluding tert-OH is 1. The first-order valence-corrected chi connectivity index (χ1v) is 7.14. The van der Waals surface area contributed by atoms with Gasteiger partial charge in [-0.3, -0.25) is 4.90 Å². The van der Waals surface area contributed by atoms with Crippen molar-refractivity contribution in [1.82, 2.24) is 15.2 Å². The Labute approximate surface area is 113 Å². The molecule has 4 nitrogen and oxygen atoms in total. The summed E-state index contributed by atoms with van der Waals surface area (Å²) in [4.78, 5) is 6.71. The van der Waals surface area contributed by atoms with E-state index in [9.17, 15) is 0 Å². The number of hydrogen-bond donors (Lipinski definition) is 2. The second-order valence-corrected chi connectivity index (χ2v) is 5.46. The van der Waals surface area contributed by atoms with Crippen LogP contribution in [0, 0.1) is 0 Å². The molecule has 0 fully saturated rings. The third-order valence-electron chi connectivity index (χ3n) is 2.45. The van der Waals surface area contributed by atoms with Gasteiger partial charge in [-0.2, -0.15) is 0 Å². The van der Waals surface area contributed by atoms with Gasteiger partial charge in [-0.25, -0.2) is 4.98 Å². The molecule has 18 heavy (non-hydrogen) atoms. The van der Waals surface area contributed by atoms with E-state index in [1.54, 1.807) is 11.3 Å². The predicted molar refractivity (Wildman–Crippen MR) is 76.6 cm³/mol. The third kappa shape index (κ3) is 5.73. The second-order valence-electron chi connectivity index (χ2n) is 4.52. The molecule has 5 heteroatoms. The fourth-order valence-corrected chi connectivity index (χ4v) is 2.32. The summed E-state index contributed by atoms with van der Waals surface area (Å²) in [6, 6.07) is 0.476. The van der Waals surface area contributed by atoms with Gasteiger partial charge in [0, 0.05) is 37.6 Å². The van der Waals surface area contributed by atoms with Crippen LogP contribution in [0.15, 0.2) is 18.0 Å². The van der Waals surface area contributed by atoms with Gasteiger partial charge in [-0.15, -0.1) is 17.9 Å². The van der Waals surface area contributed by atoms with E-state index in [-0.39, 0.29) is 6.61 Å². The number of aromatic nitrogens is 1. The van der Waals surface area contributed by atoms with Crippen molar-refractivity contribution >= 4 is 11.3 Å². The fraction of sp³-hybridized carbons (Fsp3) is 0.615. The quantitative estimate of drug-likeness (QED) is 0.669. The largest absolute Gasteiger partial charge is 0.395 e. The molecule has 0 amide bonds. The molecular weight excluding hydrogens is 246 g/mol. The van der Waals surface area contributed by atoms with Crippen LogP contribution in [-0.4, -0.2) is 40.7 Å². The second kappa shape index (κ2) is 8.37. The Balaban J connectivity index is 2.48. The molecule has 0 atom stereocenters. The normalized spacial score (nSPS) is 11.4. The van der Waals surface area contributed by atoms with Gasteiger partial charge < -0.3 is 10.4 Å². The molecule has 2 N–H and O–H groups in total. The first kappa shape index (κ1) is 15.3. The lowest BCUT2D eigenvalue weighted by Gasteiger charge is -2.17. The molecule has 0 bridgehead atoms. The zero-order valence-corrected chi connectivity index (χ0v) is 12.0. The Morgan fingerprint density at radius 2 is 2.39 bits per heavy atom. The van der Waals surface area contributed by atoms with E-state index in [2.05, 4.69) is 41.0 Å². The van der Waals surface area contributed by atoms with E-state index in [1.165, 1.54) is 0 Å². The van der Waals surface area contributed by atoms with Crippen LogP contribution in [0.4, 0.5) is 0 Å². The molecule has 0 aromatic carbocycles. The van der Waals surface area contributed by atoms with Crippen molar-refractivity contribution in [3.63, 3.8) is 0 Å². The number of nitrogens with one attached hydrogen (secondary N) is 1. The maximum absolute atomic E-state index is 8.99. The molecule has 1 heterocycles. The zero-order valence-electron chi connectivity index (χ0n) is 11.2. The third-order valence-corrected chi connectivity index (χ3v) is 3.35. The maximum atomic E-state index is 8.99. The molecule has 0 unspecified atom stereocenters. The number of nitrogens with zero attached hydrogens (tertiary/aromatic N) is 2. The Morgan fingerprint density at radius 1 is 1.61 bits per heavy atom. The van der Waals surface area contributed by atoms with Gasteiger partial charge in [0.1, 0.15) is 5.01 Å². The van der Waals surface area contributed by atoms with Crippen molar-refractivity contribution in [1.29, 1.82) is 0 Å². The van der Waals surface area contributed by atoms with E-state index in [0.29, 0.717) is 12.6 Å². The fourth-order valence-electron chi connectivity index (χ4n) is 1.58. The van der Waals surface area contributed by atoms with Gasteiger partial charge in [-0.1, -0.05) is 19.9 Å². The molecule has 0 spiro atoms. The summed E-state index contributed by atoms with van der Waals surface area (Å²) in [5, 5.41) is 15.5. The highest BCUT2D eigenvalue weighted by Gasteiger charge is 2.07. The smallest absolute Gasteiger partial charge is 0.107 e. The van der Waals surface area contributed by atoms with Crippen molar-refractivity contribution in [2.75, 3.05) is 19.7 Å². The Hall–Kier alpha value is -0.750. The van der Waals surface area contributed by atoms with Crippen LogP contribution in [0.1, 0.15) is 24.5 Å². The van der Waals surface area contributed by atoms with Crippen LogP contribution >= 0.6 is 11.3 Å². The summed E-state index contributed by atoms with van der Waals surface area (Å²) >= 11 is 1.68. The lowest BCUT2D eigenvalue weighted by molar-refractivity contribution is 0.202. The number of hydrogen-bond acceptors (Lipinski definition) is 5. The van der Waals surface area contributed by atoms with Gasteiger partial charge in [0.05, 0.1) is 12.3 Å². The number of aliphatic hydroxyl groups is 1. The van der Waals surface area contributed by atoms with Crippen LogP contribution in [0.3, 0.4) is 0 Å². The lowest BCUT2D eigenvalue weighted by Crippen LogP contribution is -2.26. The molecule has 0 saturated carbocycles. The first-order chi connectivity index (χ1) is 8.65. The highest BCUT2D eigenvalue weighted by molar-refractivity contribution is 7.09. The van der Waals surface area contributed by atoms with Crippen molar-refractivity contribution in [3.05, 3.63) is 28.7 Å². The summed E-state index contributed by atoms with van der Waals surface area (Å²) in [7, 11) is 0. The van der Waals surface area contributed by atoms with E-state index < -0.39 is 0 Å². The lowest BCUT2D eigenvalue weighted by atomic mass is 10.4. The molecule has 1 aromatic rings. The predicted octanol–water partition coefficient (Wildman–Crippen LogP) is 1.62. The standard InChI is InChI=1S/C13H23N3OS/c1-4-5-16(6-7-17)9-12-10-18-13(15-12)8-14-11(2)3/h4,10-11,14,17H,1,5-9H2,2-3H3. The van der Waals surface area contributed by atoms with Gasteiger partial charge >= 0.3 is 0 Å². The number of thiazole rings is 1. The highest BCUT2D eigenvalue weighted by Crippen LogP contribution is 2.12. The van der Waals surface area contributed by atoms with Crippen LogP contribution in [0.5, 0.6) is 0 Å². The summed E-state index contributed by atoms with van der Waals surface area (Å²) in [5.74, 6) is 0. The Morgan fingerprint density at radius 3 is 3.00 bits per heavy atom. The summed E-state index contributed by atoms with van der Waals surface area (Å²) in [6.45, 7) is 11.2. The van der Waals surface area contributed by atoms with Gasteiger partial charge in [0.2, 0.25) is 0 Å². The van der Waals surface area contributed by atoms with Gasteiger partial charge in [0.25, 0.3) is 0 Å². The Kier molecular flexibility index (Phi) is 7.12. The van der Waals surface area contributed by atoms with Crippen molar-refractivity contribution in [2.24, 2.45) is 0 Å². The summed E-state index contributed by atoms with van der Waals surface area (Å²) in [5.41, 5.74) is 1.07. The minimum absolute atomic E-state index is 0.166. The topological polar surface area (TPSA) is 48.4 Å². The van der Waals surface area contributed by atoms with Crippen molar-refractivity contribution < 1.29 is 5.11 Å². The van der Waals surface area contributed by atoms with Crippen molar-refractivity contribution in [2.45, 2.75) is 33.0 Å². The zero-order chi connectivity index (χ0) is 13.4. The minimum atomic E-state index is 0.166. The molecule has 102 valence electrons. The van der Waals surface area contributed by atoms with E-state index in [1.807, 2.05) is 6.08 Å². The molecule has 0 radical (unpaired) electrons. The van der Waals surface area contributed by atoms with Gasteiger partial charge in [-0.05, 0) is 0 Å². The molecule has 1 rings (SSSR count). The average molecular weight is 269 g/mol. The molecule has 0 aliphatic heterocycles. The SMILES string of the molecule is C=CCN(CCO)Cc1csc(CNC(C)C)n1. The molecule has 0 aliphatic carbocycles. The van der Waals surface area contributed by atoms with E-state index in [0.717, 1.165) is 30.3 Å². The highest BCUT2D eigenvalue weighted by atomic mass is 32.1. The molecule has 0 aliphatic rings. The Bertz CT molecular complexity index is 352. The van der Waals surface area contributed by atoms with Crippen molar-refractivity contribution in [3.8, 4) is 0 Å². The summed E-state index contributed by atoms with van der Waals surface area (Å²) < 4.78 is 0. The van der Waals surface area contributed by atoms with Crippen LogP contribution in [0.25, 0.3) is 0 Å². The average Bonchev–Trinajstić information content (AvgIpc) is 2.75. The molecule has 0 saturated heterocycles. The van der Waals surface area contributed by atoms with Crippen LogP contribution < -0.4 is 5.32 Å². The summed E-state index contributed by atoms with van der Waals surface area (Å²) in [6.07, 6.45) is 1.85. The number of rotatable bonds is 9. The maximum Gasteiger partial charge on any atom is 0.107 e. The molecule has 1 aromatic heterocycles. The molecular formula is C13H23N3OS. The minimum Gasteiger partial charge on any atom is -0.395 e. The first-order valence-electron chi connectivity index (χ1n) is 6.26. The van der Waals surface area contributed by atoms with Crippen LogP contribution in [-0.2, 0) is 13.1 Å².